The van der Waals surface area contributed by atoms with Crippen molar-refractivity contribution in [3.8, 4) is 0 Å². The summed E-state index contributed by atoms with van der Waals surface area (Å²) in [5, 5.41) is 0. The molecule has 0 fully saturated rings. The molecule has 2 rings (SSSR count). The number of esters is 1. The first-order valence-electron chi connectivity index (χ1n) is 5.46. The Kier molecular flexibility index (Phi) is 2.88. The average Bonchev–Trinajstić information content (AvgIpc) is 2.81. The number of allylic oxidation sites excluding steroid dienone is 1. The zero-order valence-electron chi connectivity index (χ0n) is 9.69. The topological polar surface area (TPSA) is 56.5 Å². The summed E-state index contributed by atoms with van der Waals surface area (Å²) in [6, 6.07) is 1.77. The van der Waals surface area contributed by atoms with E-state index in [-0.39, 0.29) is 18.0 Å². The maximum Gasteiger partial charge on any atom is 0.320 e. The van der Waals surface area contributed by atoms with E-state index >= 15 is 0 Å². The molecule has 0 N–H and O–H groups in total. The number of carbonyl (C=O) groups is 2. The predicted molar refractivity (Wildman–Crippen MR) is 60.6 cm³/mol. The number of hydrogen-bond donors (Lipinski definition) is 0. The minimum Gasteiger partial charge on any atom is -0.468 e. The van der Waals surface area contributed by atoms with Crippen molar-refractivity contribution < 1.29 is 18.7 Å². The fourth-order valence-electron chi connectivity index (χ4n) is 2.33. The monoisotopic (exact) mass is 234 g/mol. The van der Waals surface area contributed by atoms with Gasteiger partial charge >= 0.3 is 5.97 Å². The molecule has 0 radical (unpaired) electrons. The van der Waals surface area contributed by atoms with Gasteiger partial charge in [0.2, 0.25) is 5.78 Å². The number of carbonyl (C=O) groups excluding carboxylic acids is 2. The predicted octanol–water partition coefficient (Wildman–Crippen LogP) is 2.14. The van der Waals surface area contributed by atoms with Crippen molar-refractivity contribution >= 4 is 11.8 Å². The summed E-state index contributed by atoms with van der Waals surface area (Å²) in [6.45, 7) is 3.60. The molecular formula is C13H14O4. The van der Waals surface area contributed by atoms with E-state index in [1.165, 1.54) is 13.4 Å². The van der Waals surface area contributed by atoms with Crippen LogP contribution in [0.3, 0.4) is 0 Å². The fraction of sp³-hybridized carbons (Fsp3) is 0.385. The van der Waals surface area contributed by atoms with Crippen LogP contribution in [0.4, 0.5) is 0 Å². The number of ether oxygens (including phenoxy) is 1. The van der Waals surface area contributed by atoms with Crippen LogP contribution >= 0.6 is 0 Å². The molecule has 1 aromatic heterocycles. The van der Waals surface area contributed by atoms with Crippen molar-refractivity contribution in [2.45, 2.75) is 19.3 Å². The van der Waals surface area contributed by atoms with E-state index < -0.39 is 11.4 Å². The van der Waals surface area contributed by atoms with Crippen LogP contribution in [0.1, 0.15) is 29.0 Å². The quantitative estimate of drug-likeness (QED) is 0.457. The summed E-state index contributed by atoms with van der Waals surface area (Å²) in [5.74, 6) is -0.525. The Bertz CT molecular complexity index is 472. The van der Waals surface area contributed by atoms with Gasteiger partial charge in [0.15, 0.2) is 5.76 Å². The van der Waals surface area contributed by atoms with Gasteiger partial charge in [-0.2, -0.15) is 0 Å². The number of fused-ring (bicyclic) bond motifs is 1. The van der Waals surface area contributed by atoms with E-state index in [2.05, 4.69) is 6.58 Å². The highest BCUT2D eigenvalue weighted by atomic mass is 16.5. The Hall–Kier alpha value is -1.84. The van der Waals surface area contributed by atoms with Crippen LogP contribution in [0.5, 0.6) is 0 Å². The van der Waals surface area contributed by atoms with E-state index in [1.807, 2.05) is 0 Å². The van der Waals surface area contributed by atoms with Gasteiger partial charge in [0.25, 0.3) is 0 Å². The van der Waals surface area contributed by atoms with Crippen LogP contribution in [-0.2, 0) is 16.0 Å². The summed E-state index contributed by atoms with van der Waals surface area (Å²) in [7, 11) is 1.29. The SMILES string of the molecule is C=CC[C@]1(C(=O)OC)CCc2ccoc2C1=O. The van der Waals surface area contributed by atoms with Crippen molar-refractivity contribution in [1.82, 2.24) is 0 Å². The third-order valence-electron chi connectivity index (χ3n) is 3.28. The molecule has 0 amide bonds. The summed E-state index contributed by atoms with van der Waals surface area (Å²) >= 11 is 0. The van der Waals surface area contributed by atoms with Crippen LogP contribution in [0.2, 0.25) is 0 Å². The lowest BCUT2D eigenvalue weighted by Gasteiger charge is -2.30. The van der Waals surface area contributed by atoms with E-state index in [4.69, 9.17) is 9.15 Å². The van der Waals surface area contributed by atoms with Gasteiger partial charge in [-0.25, -0.2) is 0 Å². The van der Waals surface area contributed by atoms with E-state index in [0.717, 1.165) is 5.56 Å². The highest BCUT2D eigenvalue weighted by Gasteiger charge is 2.50. The highest BCUT2D eigenvalue weighted by Crippen LogP contribution is 2.40. The molecular weight excluding hydrogens is 220 g/mol. The lowest BCUT2D eigenvalue weighted by Crippen LogP contribution is -2.43. The number of ketones is 1. The van der Waals surface area contributed by atoms with Gasteiger partial charge in [0.05, 0.1) is 13.4 Å². The normalized spacial score (nSPS) is 23.0. The van der Waals surface area contributed by atoms with Gasteiger partial charge in [-0.15, -0.1) is 6.58 Å². The number of Topliss-reactive ketones (excluding diaryl/α,β-unsaturated/α-hetero) is 1. The zero-order valence-corrected chi connectivity index (χ0v) is 9.69. The second-order valence-electron chi connectivity index (χ2n) is 4.17. The molecule has 0 aliphatic heterocycles. The van der Waals surface area contributed by atoms with Gasteiger partial charge in [-0.05, 0) is 25.3 Å². The Morgan fingerprint density at radius 2 is 2.47 bits per heavy atom. The molecule has 4 heteroatoms. The van der Waals surface area contributed by atoms with Gasteiger partial charge in [0.1, 0.15) is 5.41 Å². The minimum absolute atomic E-state index is 0.276. The summed E-state index contributed by atoms with van der Waals surface area (Å²) in [6.07, 6.45) is 4.41. The van der Waals surface area contributed by atoms with Crippen LogP contribution in [0.25, 0.3) is 0 Å². The molecule has 4 nitrogen and oxygen atoms in total. The third kappa shape index (κ3) is 1.60. The Labute approximate surface area is 99.3 Å². The van der Waals surface area contributed by atoms with Gasteiger partial charge in [-0.3, -0.25) is 9.59 Å². The molecule has 1 heterocycles. The number of aryl methyl sites for hydroxylation is 1. The number of hydrogen-bond acceptors (Lipinski definition) is 4. The Balaban J connectivity index is 2.46. The van der Waals surface area contributed by atoms with Crippen LogP contribution < -0.4 is 0 Å². The smallest absolute Gasteiger partial charge is 0.320 e. The van der Waals surface area contributed by atoms with Gasteiger partial charge in [-0.1, -0.05) is 6.08 Å². The molecule has 1 aliphatic carbocycles. The first-order valence-corrected chi connectivity index (χ1v) is 5.46. The number of furan rings is 1. The van der Waals surface area contributed by atoms with Crippen molar-refractivity contribution in [3.63, 3.8) is 0 Å². The molecule has 17 heavy (non-hydrogen) atoms. The third-order valence-corrected chi connectivity index (χ3v) is 3.28. The van der Waals surface area contributed by atoms with Gasteiger partial charge < -0.3 is 9.15 Å². The first kappa shape index (κ1) is 11.6. The highest BCUT2D eigenvalue weighted by molar-refractivity contribution is 6.12. The molecule has 1 aliphatic rings. The molecule has 0 saturated heterocycles. The van der Waals surface area contributed by atoms with Gasteiger partial charge in [0, 0.05) is 5.56 Å². The standard InChI is InChI=1S/C13H14O4/c1-3-6-13(12(15)16-2)7-4-9-5-8-17-10(9)11(13)14/h3,5,8H,1,4,6-7H2,2H3/t13-/m0/s1. The molecule has 0 spiro atoms. The van der Waals surface area contributed by atoms with E-state index in [9.17, 15) is 9.59 Å². The molecule has 0 saturated carbocycles. The Morgan fingerprint density at radius 3 is 3.12 bits per heavy atom. The first-order chi connectivity index (χ1) is 8.15. The second-order valence-corrected chi connectivity index (χ2v) is 4.17. The van der Waals surface area contributed by atoms with Crippen molar-refractivity contribution in [2.24, 2.45) is 5.41 Å². The average molecular weight is 234 g/mol. The van der Waals surface area contributed by atoms with Crippen LogP contribution in [-0.4, -0.2) is 18.9 Å². The molecule has 0 bridgehead atoms. The maximum atomic E-state index is 12.3. The molecule has 0 aromatic carbocycles. The second kappa shape index (κ2) is 4.20. The van der Waals surface area contributed by atoms with Crippen molar-refractivity contribution in [1.29, 1.82) is 0 Å². The molecule has 1 aromatic rings. The van der Waals surface area contributed by atoms with Crippen molar-refractivity contribution in [2.75, 3.05) is 7.11 Å². The Morgan fingerprint density at radius 1 is 1.71 bits per heavy atom. The molecule has 0 unspecified atom stereocenters. The number of methoxy groups -OCH3 is 1. The summed E-state index contributed by atoms with van der Waals surface area (Å²) in [5.41, 5.74) is -0.292. The number of rotatable bonds is 3. The van der Waals surface area contributed by atoms with Crippen molar-refractivity contribution in [3.05, 3.63) is 36.3 Å². The molecule has 1 atom stereocenters. The fourth-order valence-corrected chi connectivity index (χ4v) is 2.33. The minimum atomic E-state index is -1.15. The van der Waals surface area contributed by atoms with E-state index in [0.29, 0.717) is 12.8 Å². The largest absolute Gasteiger partial charge is 0.468 e. The maximum absolute atomic E-state index is 12.3. The van der Waals surface area contributed by atoms with E-state index in [1.54, 1.807) is 12.1 Å². The van der Waals surface area contributed by atoms with Crippen LogP contribution in [0, 0.1) is 5.41 Å². The lowest BCUT2D eigenvalue weighted by atomic mass is 9.70. The van der Waals surface area contributed by atoms with Crippen LogP contribution in [0.15, 0.2) is 29.4 Å². The zero-order chi connectivity index (χ0) is 12.5. The molecule has 90 valence electrons. The summed E-state index contributed by atoms with van der Waals surface area (Å²) < 4.78 is 9.93. The summed E-state index contributed by atoms with van der Waals surface area (Å²) in [4.78, 5) is 24.2. The lowest BCUT2D eigenvalue weighted by molar-refractivity contribution is -0.150.